The van der Waals surface area contributed by atoms with Crippen LogP contribution in [0, 0.1) is 6.92 Å². The van der Waals surface area contributed by atoms with E-state index in [2.05, 4.69) is 15.4 Å². The van der Waals surface area contributed by atoms with Crippen LogP contribution in [0.5, 0.6) is 0 Å². The molecule has 1 saturated heterocycles. The maximum Gasteiger partial charge on any atom is 0.169 e. The van der Waals surface area contributed by atoms with Crippen molar-refractivity contribution < 1.29 is 8.42 Å². The van der Waals surface area contributed by atoms with Crippen molar-refractivity contribution in [3.8, 4) is 0 Å². The quantitative estimate of drug-likeness (QED) is 0.609. The summed E-state index contributed by atoms with van der Waals surface area (Å²) in [6, 6.07) is 0. The SMILES string of the molecule is CCc1nc(NN)c(C)c(N2CCSCC2S(C)(=O)=O)n1. The summed E-state index contributed by atoms with van der Waals surface area (Å²) in [5.74, 6) is 8.79. The van der Waals surface area contributed by atoms with E-state index in [0.29, 0.717) is 36.2 Å². The Morgan fingerprint density at radius 3 is 2.76 bits per heavy atom. The number of anilines is 2. The lowest BCUT2D eigenvalue weighted by Crippen LogP contribution is -2.48. The molecule has 118 valence electrons. The molecule has 2 heterocycles. The highest BCUT2D eigenvalue weighted by Crippen LogP contribution is 2.30. The minimum atomic E-state index is -3.19. The molecule has 1 atom stereocenters. The number of thioether (sulfide) groups is 1. The molecule has 1 unspecified atom stereocenters. The number of hydrogen-bond donors (Lipinski definition) is 2. The molecule has 3 N–H and O–H groups in total. The molecule has 1 aromatic rings. The minimum absolute atomic E-state index is 0.544. The van der Waals surface area contributed by atoms with Crippen molar-refractivity contribution in [1.82, 2.24) is 9.97 Å². The standard InChI is InChI=1S/C12H21N5O2S2/c1-4-9-14-11(16-13)8(2)12(15-9)17-5-6-20-7-10(17)21(3,18)19/h10H,4-7,13H2,1-3H3,(H,14,15,16). The number of sulfone groups is 1. The van der Waals surface area contributed by atoms with Crippen LogP contribution in [0.15, 0.2) is 0 Å². The van der Waals surface area contributed by atoms with Gasteiger partial charge in [0.25, 0.3) is 0 Å². The van der Waals surface area contributed by atoms with Crippen LogP contribution in [0.4, 0.5) is 11.6 Å². The van der Waals surface area contributed by atoms with Crippen molar-refractivity contribution in [3.63, 3.8) is 0 Å². The van der Waals surface area contributed by atoms with Crippen molar-refractivity contribution in [2.75, 3.05) is 34.6 Å². The van der Waals surface area contributed by atoms with Crippen LogP contribution in [-0.2, 0) is 16.3 Å². The second kappa shape index (κ2) is 6.37. The van der Waals surface area contributed by atoms with Crippen molar-refractivity contribution >= 4 is 33.2 Å². The maximum atomic E-state index is 12.1. The topological polar surface area (TPSA) is 101 Å². The second-order valence-electron chi connectivity index (χ2n) is 4.99. The monoisotopic (exact) mass is 331 g/mol. The number of aromatic nitrogens is 2. The van der Waals surface area contributed by atoms with E-state index in [1.807, 2.05) is 18.7 Å². The lowest BCUT2D eigenvalue weighted by atomic mass is 10.2. The second-order valence-corrected chi connectivity index (χ2v) is 8.34. The Morgan fingerprint density at radius 1 is 1.48 bits per heavy atom. The normalized spacial score (nSPS) is 19.6. The summed E-state index contributed by atoms with van der Waals surface area (Å²) in [5.41, 5.74) is 3.34. The van der Waals surface area contributed by atoms with Gasteiger partial charge < -0.3 is 10.3 Å². The van der Waals surface area contributed by atoms with Crippen LogP contribution in [-0.4, -0.2) is 48.1 Å². The van der Waals surface area contributed by atoms with Crippen LogP contribution in [0.2, 0.25) is 0 Å². The van der Waals surface area contributed by atoms with Crippen molar-refractivity contribution in [2.45, 2.75) is 25.6 Å². The highest BCUT2D eigenvalue weighted by Gasteiger charge is 2.33. The highest BCUT2D eigenvalue weighted by atomic mass is 32.2. The molecule has 1 fully saturated rings. The third-order valence-electron chi connectivity index (χ3n) is 3.47. The fraction of sp³-hybridized carbons (Fsp3) is 0.667. The van der Waals surface area contributed by atoms with Gasteiger partial charge in [0.1, 0.15) is 22.8 Å². The van der Waals surface area contributed by atoms with Crippen molar-refractivity contribution in [1.29, 1.82) is 0 Å². The molecule has 9 heteroatoms. The smallest absolute Gasteiger partial charge is 0.169 e. The number of nitrogens with one attached hydrogen (secondary N) is 1. The van der Waals surface area contributed by atoms with Crippen LogP contribution >= 0.6 is 11.8 Å². The fourth-order valence-electron chi connectivity index (χ4n) is 2.31. The summed E-state index contributed by atoms with van der Waals surface area (Å²) in [4.78, 5) is 10.7. The maximum absolute atomic E-state index is 12.1. The molecule has 1 aromatic heterocycles. The predicted octanol–water partition coefficient (Wildman–Crippen LogP) is 0.557. The number of nitrogens with zero attached hydrogens (tertiary/aromatic N) is 3. The first-order valence-corrected chi connectivity index (χ1v) is 9.86. The lowest BCUT2D eigenvalue weighted by Gasteiger charge is -2.36. The van der Waals surface area contributed by atoms with E-state index in [1.165, 1.54) is 6.26 Å². The van der Waals surface area contributed by atoms with Gasteiger partial charge in [-0.15, -0.1) is 0 Å². The average molecular weight is 331 g/mol. The summed E-state index contributed by atoms with van der Waals surface area (Å²) in [7, 11) is -3.19. The van der Waals surface area contributed by atoms with Gasteiger partial charge in [-0.3, -0.25) is 0 Å². The van der Waals surface area contributed by atoms with Gasteiger partial charge in [-0.2, -0.15) is 11.8 Å². The van der Waals surface area contributed by atoms with Crippen LogP contribution in [0.1, 0.15) is 18.3 Å². The summed E-state index contributed by atoms with van der Waals surface area (Å²) in [6.07, 6.45) is 1.93. The summed E-state index contributed by atoms with van der Waals surface area (Å²) < 4.78 is 24.1. The van der Waals surface area contributed by atoms with Crippen LogP contribution in [0.25, 0.3) is 0 Å². The molecule has 0 aliphatic carbocycles. The van der Waals surface area contributed by atoms with Gasteiger partial charge in [-0.25, -0.2) is 24.2 Å². The fourth-order valence-corrected chi connectivity index (χ4v) is 5.13. The van der Waals surface area contributed by atoms with E-state index >= 15 is 0 Å². The average Bonchev–Trinajstić information content (AvgIpc) is 2.46. The van der Waals surface area contributed by atoms with Gasteiger partial charge >= 0.3 is 0 Å². The molecule has 7 nitrogen and oxygen atoms in total. The van der Waals surface area contributed by atoms with Gasteiger partial charge in [0.15, 0.2) is 9.84 Å². The van der Waals surface area contributed by atoms with Crippen LogP contribution < -0.4 is 16.2 Å². The van der Waals surface area contributed by atoms with Crippen molar-refractivity contribution in [2.24, 2.45) is 5.84 Å². The van der Waals surface area contributed by atoms with Gasteiger partial charge in [-0.05, 0) is 6.92 Å². The molecule has 0 saturated carbocycles. The predicted molar refractivity (Wildman–Crippen MR) is 87.3 cm³/mol. The van der Waals surface area contributed by atoms with Crippen LogP contribution in [0.3, 0.4) is 0 Å². The number of rotatable bonds is 4. The van der Waals surface area contributed by atoms with E-state index < -0.39 is 15.2 Å². The van der Waals surface area contributed by atoms with E-state index in [1.54, 1.807) is 11.8 Å². The molecule has 0 aromatic carbocycles. The molecule has 21 heavy (non-hydrogen) atoms. The van der Waals surface area contributed by atoms with Gasteiger partial charge in [0.2, 0.25) is 0 Å². The minimum Gasteiger partial charge on any atom is -0.338 e. The largest absolute Gasteiger partial charge is 0.338 e. The third kappa shape index (κ3) is 3.41. The zero-order chi connectivity index (χ0) is 15.6. The first-order chi connectivity index (χ1) is 9.88. The third-order valence-corrected chi connectivity index (χ3v) is 6.11. The Balaban J connectivity index is 2.52. The Labute approximate surface area is 129 Å². The van der Waals surface area contributed by atoms with Gasteiger partial charge in [-0.1, -0.05) is 6.92 Å². The number of aryl methyl sites for hydroxylation is 1. The molecular formula is C12H21N5O2S2. The number of nitrogen functional groups attached to an aromatic ring is 1. The molecule has 0 bridgehead atoms. The van der Waals surface area contributed by atoms with Gasteiger partial charge in [0, 0.05) is 36.3 Å². The van der Waals surface area contributed by atoms with Crippen molar-refractivity contribution in [3.05, 3.63) is 11.4 Å². The zero-order valence-electron chi connectivity index (χ0n) is 12.5. The molecule has 0 amide bonds. The Morgan fingerprint density at radius 2 is 2.19 bits per heavy atom. The Hall–Kier alpha value is -1.06. The first kappa shape index (κ1) is 16.3. The summed E-state index contributed by atoms with van der Waals surface area (Å²) in [5, 5.41) is -0.555. The number of hydrazine groups is 1. The number of hydrogen-bond acceptors (Lipinski definition) is 8. The lowest BCUT2D eigenvalue weighted by molar-refractivity contribution is 0.583. The molecular weight excluding hydrogens is 310 g/mol. The van der Waals surface area contributed by atoms with E-state index in [4.69, 9.17) is 5.84 Å². The highest BCUT2D eigenvalue weighted by molar-refractivity contribution is 8.01. The molecule has 1 aliphatic heterocycles. The summed E-state index contributed by atoms with van der Waals surface area (Å²) >= 11 is 1.65. The molecule has 0 spiro atoms. The van der Waals surface area contributed by atoms with E-state index in [-0.39, 0.29) is 0 Å². The number of nitrogens with two attached hydrogens (primary N) is 1. The van der Waals surface area contributed by atoms with Gasteiger partial charge in [0.05, 0.1) is 0 Å². The van der Waals surface area contributed by atoms with E-state index in [9.17, 15) is 8.42 Å². The summed E-state index contributed by atoms with van der Waals surface area (Å²) in [6.45, 7) is 4.45. The molecule has 0 radical (unpaired) electrons. The Kier molecular flexibility index (Phi) is 4.95. The molecule has 2 rings (SSSR count). The van der Waals surface area contributed by atoms with E-state index in [0.717, 1.165) is 11.3 Å². The Bertz CT molecular complexity index is 620. The molecule has 1 aliphatic rings. The first-order valence-electron chi connectivity index (χ1n) is 6.75. The zero-order valence-corrected chi connectivity index (χ0v) is 14.1.